The smallest absolute Gasteiger partial charge is 0.0442 e. The molecule has 1 N–H and O–H groups in total. The molecule has 0 bridgehead atoms. The maximum atomic E-state index is 3.35. The summed E-state index contributed by atoms with van der Waals surface area (Å²) in [6.45, 7) is 8.79. The summed E-state index contributed by atoms with van der Waals surface area (Å²) in [7, 11) is 0. The third-order valence-corrected chi connectivity index (χ3v) is 4.42. The highest BCUT2D eigenvalue weighted by Gasteiger charge is 2.22. The number of allylic oxidation sites excluding steroid dienone is 6. The van der Waals surface area contributed by atoms with Crippen LogP contribution in [0.1, 0.15) is 53.4 Å². The SMILES string of the molecule is C/C=C\C(CCC1CC1)=C(/C)C(C)C1=CC(C)=C=CN1. The summed E-state index contributed by atoms with van der Waals surface area (Å²) in [5.74, 6) is 1.44. The van der Waals surface area contributed by atoms with Gasteiger partial charge >= 0.3 is 0 Å². The van der Waals surface area contributed by atoms with Gasteiger partial charge in [-0.05, 0) is 56.8 Å². The van der Waals surface area contributed by atoms with Crippen LogP contribution in [-0.2, 0) is 0 Å². The van der Waals surface area contributed by atoms with Crippen LogP contribution in [0.4, 0.5) is 0 Å². The Morgan fingerprint density at radius 2 is 2.25 bits per heavy atom. The lowest BCUT2D eigenvalue weighted by Crippen LogP contribution is -2.16. The fraction of sp³-hybridized carbons (Fsp3) is 0.526. The monoisotopic (exact) mass is 269 g/mol. The molecule has 1 aliphatic carbocycles. The van der Waals surface area contributed by atoms with Crippen LogP contribution >= 0.6 is 0 Å². The van der Waals surface area contributed by atoms with Gasteiger partial charge in [0, 0.05) is 17.8 Å². The van der Waals surface area contributed by atoms with E-state index < -0.39 is 0 Å². The highest BCUT2D eigenvalue weighted by Crippen LogP contribution is 2.36. The molecule has 1 unspecified atom stereocenters. The molecule has 108 valence electrons. The van der Waals surface area contributed by atoms with Crippen molar-refractivity contribution in [3.8, 4) is 0 Å². The zero-order valence-electron chi connectivity index (χ0n) is 13.3. The van der Waals surface area contributed by atoms with Gasteiger partial charge in [0.05, 0.1) is 0 Å². The number of rotatable bonds is 6. The summed E-state index contributed by atoms with van der Waals surface area (Å²) in [4.78, 5) is 0. The molecule has 2 rings (SSSR count). The first kappa shape index (κ1) is 14.9. The van der Waals surface area contributed by atoms with Crippen LogP contribution in [-0.4, -0.2) is 0 Å². The third-order valence-electron chi connectivity index (χ3n) is 4.42. The van der Waals surface area contributed by atoms with Gasteiger partial charge in [-0.1, -0.05) is 43.2 Å². The van der Waals surface area contributed by atoms with E-state index in [9.17, 15) is 0 Å². The average molecular weight is 269 g/mol. The molecular formula is C19H27N. The predicted molar refractivity (Wildman–Crippen MR) is 87.1 cm³/mol. The van der Waals surface area contributed by atoms with E-state index in [1.165, 1.54) is 48.1 Å². The van der Waals surface area contributed by atoms with E-state index in [4.69, 9.17) is 0 Å². The minimum atomic E-state index is 0.439. The first-order valence-electron chi connectivity index (χ1n) is 7.84. The van der Waals surface area contributed by atoms with Crippen molar-refractivity contribution in [1.82, 2.24) is 5.32 Å². The summed E-state index contributed by atoms with van der Waals surface area (Å²) in [5, 5.41) is 3.35. The van der Waals surface area contributed by atoms with E-state index in [-0.39, 0.29) is 0 Å². The lowest BCUT2D eigenvalue weighted by atomic mass is 9.90. The van der Waals surface area contributed by atoms with Crippen LogP contribution in [0.25, 0.3) is 0 Å². The van der Waals surface area contributed by atoms with E-state index >= 15 is 0 Å². The van der Waals surface area contributed by atoms with Crippen molar-refractivity contribution in [2.24, 2.45) is 11.8 Å². The van der Waals surface area contributed by atoms with Gasteiger partial charge < -0.3 is 5.32 Å². The maximum absolute atomic E-state index is 3.35. The minimum Gasteiger partial charge on any atom is -0.358 e. The lowest BCUT2D eigenvalue weighted by molar-refractivity contribution is 0.692. The minimum absolute atomic E-state index is 0.439. The molecule has 1 saturated carbocycles. The number of hydrogen-bond acceptors (Lipinski definition) is 1. The van der Waals surface area contributed by atoms with Crippen molar-refractivity contribution < 1.29 is 0 Å². The third kappa shape index (κ3) is 4.02. The van der Waals surface area contributed by atoms with Crippen LogP contribution in [0.3, 0.4) is 0 Å². The molecule has 1 nitrogen and oxygen atoms in total. The normalized spacial score (nSPS) is 21.2. The Labute approximate surface area is 123 Å². The maximum Gasteiger partial charge on any atom is 0.0442 e. The quantitative estimate of drug-likeness (QED) is 0.513. The van der Waals surface area contributed by atoms with Gasteiger partial charge in [0.15, 0.2) is 0 Å². The molecule has 1 aliphatic heterocycles. The van der Waals surface area contributed by atoms with Crippen molar-refractivity contribution in [2.45, 2.75) is 53.4 Å². The molecule has 0 saturated heterocycles. The Morgan fingerprint density at radius 3 is 2.85 bits per heavy atom. The molecule has 0 radical (unpaired) electrons. The fourth-order valence-electron chi connectivity index (χ4n) is 2.69. The van der Waals surface area contributed by atoms with Crippen molar-refractivity contribution in [3.05, 3.63) is 52.6 Å². The van der Waals surface area contributed by atoms with Gasteiger partial charge in [-0.25, -0.2) is 0 Å². The second-order valence-electron chi connectivity index (χ2n) is 6.13. The topological polar surface area (TPSA) is 12.0 Å². The number of hydrogen-bond donors (Lipinski definition) is 1. The Bertz CT molecular complexity index is 506. The van der Waals surface area contributed by atoms with Gasteiger partial charge in [0.1, 0.15) is 0 Å². The molecule has 1 atom stereocenters. The molecule has 1 heteroatoms. The Balaban J connectivity index is 2.12. The Morgan fingerprint density at radius 1 is 1.50 bits per heavy atom. The van der Waals surface area contributed by atoms with Crippen molar-refractivity contribution in [3.63, 3.8) is 0 Å². The summed E-state index contributed by atoms with van der Waals surface area (Å²) in [5.41, 5.74) is 8.68. The van der Waals surface area contributed by atoms with E-state index in [1.807, 2.05) is 6.20 Å². The Hall–Kier alpha value is -1.46. The zero-order chi connectivity index (χ0) is 14.5. The largest absolute Gasteiger partial charge is 0.358 e. The summed E-state index contributed by atoms with van der Waals surface area (Å²) >= 11 is 0. The number of nitrogens with one attached hydrogen (secondary N) is 1. The highest BCUT2D eigenvalue weighted by atomic mass is 14.9. The second-order valence-corrected chi connectivity index (χ2v) is 6.13. The molecule has 1 heterocycles. The molecule has 0 aromatic carbocycles. The van der Waals surface area contributed by atoms with Crippen molar-refractivity contribution in [2.75, 3.05) is 0 Å². The lowest BCUT2D eigenvalue weighted by Gasteiger charge is -2.21. The molecule has 0 amide bonds. The first-order chi connectivity index (χ1) is 9.61. The predicted octanol–water partition coefficient (Wildman–Crippen LogP) is 5.25. The van der Waals surface area contributed by atoms with Gasteiger partial charge in [-0.15, -0.1) is 0 Å². The van der Waals surface area contributed by atoms with Crippen LogP contribution in [0, 0.1) is 11.8 Å². The van der Waals surface area contributed by atoms with Gasteiger partial charge in [0.2, 0.25) is 0 Å². The highest BCUT2D eigenvalue weighted by molar-refractivity contribution is 5.35. The standard InChI is InChI=1S/C19H27N/c1-5-6-18(10-9-17-7-8-17)15(3)16(4)19-13-14(2)11-12-20-19/h5-6,12-13,16-17,20H,7-10H2,1-4H3/b6-5-,18-15-. The molecule has 0 aromatic rings. The van der Waals surface area contributed by atoms with E-state index in [0.29, 0.717) is 5.92 Å². The van der Waals surface area contributed by atoms with Crippen LogP contribution < -0.4 is 5.32 Å². The van der Waals surface area contributed by atoms with E-state index in [0.717, 1.165) is 5.92 Å². The molecular weight excluding hydrogens is 242 g/mol. The molecule has 0 aromatic heterocycles. The van der Waals surface area contributed by atoms with Crippen LogP contribution in [0.2, 0.25) is 0 Å². The molecule has 2 aliphatic rings. The molecule has 1 fully saturated rings. The van der Waals surface area contributed by atoms with Crippen LogP contribution in [0.5, 0.6) is 0 Å². The van der Waals surface area contributed by atoms with Gasteiger partial charge in [0.25, 0.3) is 0 Å². The molecule has 20 heavy (non-hydrogen) atoms. The molecule has 0 spiro atoms. The van der Waals surface area contributed by atoms with E-state index in [2.05, 4.69) is 57.0 Å². The second kappa shape index (κ2) is 6.81. The summed E-state index contributed by atoms with van der Waals surface area (Å²) in [6.07, 6.45) is 14.1. The summed E-state index contributed by atoms with van der Waals surface area (Å²) in [6, 6.07) is 0. The van der Waals surface area contributed by atoms with Gasteiger partial charge in [-0.2, -0.15) is 0 Å². The van der Waals surface area contributed by atoms with Crippen molar-refractivity contribution >= 4 is 0 Å². The Kier molecular flexibility index (Phi) is 5.09. The first-order valence-corrected chi connectivity index (χ1v) is 7.84. The zero-order valence-corrected chi connectivity index (χ0v) is 13.3. The van der Waals surface area contributed by atoms with Crippen molar-refractivity contribution in [1.29, 1.82) is 0 Å². The van der Waals surface area contributed by atoms with E-state index in [1.54, 1.807) is 0 Å². The fourth-order valence-corrected chi connectivity index (χ4v) is 2.69. The summed E-state index contributed by atoms with van der Waals surface area (Å²) < 4.78 is 0. The van der Waals surface area contributed by atoms with Gasteiger partial charge in [-0.3, -0.25) is 0 Å². The van der Waals surface area contributed by atoms with Crippen LogP contribution in [0.15, 0.2) is 52.6 Å². The average Bonchev–Trinajstić information content (AvgIpc) is 3.26.